The molecular formula is C13H16ClNO2. The van der Waals surface area contributed by atoms with Gasteiger partial charge in [-0.25, -0.2) is 0 Å². The van der Waals surface area contributed by atoms with Crippen LogP contribution in [0.15, 0.2) is 18.2 Å². The minimum absolute atomic E-state index is 0.0731. The van der Waals surface area contributed by atoms with Gasteiger partial charge in [0.25, 0.3) is 5.91 Å². The van der Waals surface area contributed by atoms with Crippen LogP contribution in [0.1, 0.15) is 30.1 Å². The zero-order valence-corrected chi connectivity index (χ0v) is 10.6. The Hall–Kier alpha value is -1.22. The third kappa shape index (κ3) is 2.55. The molecular weight excluding hydrogens is 238 g/mol. The number of phenols is 1. The second-order valence-electron chi connectivity index (χ2n) is 4.48. The van der Waals surface area contributed by atoms with E-state index in [9.17, 15) is 9.90 Å². The Morgan fingerprint density at radius 2 is 2.35 bits per heavy atom. The van der Waals surface area contributed by atoms with Crippen molar-refractivity contribution in [3.63, 3.8) is 0 Å². The second-order valence-corrected chi connectivity index (χ2v) is 4.89. The van der Waals surface area contributed by atoms with Crippen molar-refractivity contribution >= 4 is 17.5 Å². The predicted octanol–water partition coefficient (Wildman–Crippen LogP) is 2.92. The van der Waals surface area contributed by atoms with Gasteiger partial charge < -0.3 is 10.0 Å². The topological polar surface area (TPSA) is 40.5 Å². The van der Waals surface area contributed by atoms with E-state index < -0.39 is 0 Å². The Balaban J connectivity index is 2.17. The summed E-state index contributed by atoms with van der Waals surface area (Å²) in [6.45, 7) is 3.71. The molecule has 1 aromatic carbocycles. The number of hydrogen-bond acceptors (Lipinski definition) is 2. The highest BCUT2D eigenvalue weighted by Gasteiger charge is 2.26. The number of carbonyl (C=O) groups excluding carboxylic acids is 1. The normalized spacial score (nSPS) is 19.6. The first-order chi connectivity index (χ1) is 8.11. The monoisotopic (exact) mass is 253 g/mol. The third-order valence-electron chi connectivity index (χ3n) is 3.33. The molecule has 0 aliphatic carbocycles. The molecule has 3 nitrogen and oxygen atoms in total. The maximum absolute atomic E-state index is 12.2. The summed E-state index contributed by atoms with van der Waals surface area (Å²) in [4.78, 5) is 14.0. The lowest BCUT2D eigenvalue weighted by Gasteiger charge is -2.17. The van der Waals surface area contributed by atoms with E-state index in [1.807, 2.05) is 4.90 Å². The van der Waals surface area contributed by atoms with E-state index in [2.05, 4.69) is 6.92 Å². The first-order valence-electron chi connectivity index (χ1n) is 5.89. The number of nitrogens with zero attached hydrogens (tertiary/aromatic N) is 1. The van der Waals surface area contributed by atoms with Gasteiger partial charge in [0.1, 0.15) is 5.75 Å². The molecule has 1 atom stereocenters. The Morgan fingerprint density at radius 1 is 1.59 bits per heavy atom. The number of carbonyl (C=O) groups is 1. The number of phenolic OH excluding ortho intramolecular Hbond substituents is 1. The van der Waals surface area contributed by atoms with Gasteiger partial charge in [-0.15, -0.1) is 0 Å². The van der Waals surface area contributed by atoms with Gasteiger partial charge in [-0.1, -0.05) is 24.9 Å². The van der Waals surface area contributed by atoms with Gasteiger partial charge in [0.05, 0.1) is 10.6 Å². The van der Waals surface area contributed by atoms with E-state index in [0.29, 0.717) is 16.5 Å². The number of benzene rings is 1. The first kappa shape index (κ1) is 12.2. The van der Waals surface area contributed by atoms with E-state index >= 15 is 0 Å². The molecule has 2 rings (SSSR count). The van der Waals surface area contributed by atoms with Crippen molar-refractivity contribution in [2.75, 3.05) is 13.1 Å². The lowest BCUT2D eigenvalue weighted by molar-refractivity contribution is 0.0786. The van der Waals surface area contributed by atoms with Crippen molar-refractivity contribution in [3.05, 3.63) is 28.8 Å². The standard InChI is InChI=1S/C13H16ClNO2/c1-2-9-5-6-15(8-9)13(17)11-7-10(16)3-4-12(11)14/h3-4,7,9,16H,2,5-6,8H2,1H3. The fraction of sp³-hybridized carbons (Fsp3) is 0.462. The second kappa shape index (κ2) is 4.96. The van der Waals surface area contributed by atoms with Gasteiger partial charge in [-0.3, -0.25) is 4.79 Å². The van der Waals surface area contributed by atoms with Gasteiger partial charge in [0.15, 0.2) is 0 Å². The van der Waals surface area contributed by atoms with Crippen LogP contribution >= 0.6 is 11.6 Å². The molecule has 0 aromatic heterocycles. The summed E-state index contributed by atoms with van der Waals surface area (Å²) in [5.74, 6) is 0.584. The quantitative estimate of drug-likeness (QED) is 0.880. The molecule has 1 heterocycles. The van der Waals surface area contributed by atoms with Crippen LogP contribution in [-0.2, 0) is 0 Å². The van der Waals surface area contributed by atoms with E-state index in [1.165, 1.54) is 12.1 Å². The average molecular weight is 254 g/mol. The third-order valence-corrected chi connectivity index (χ3v) is 3.66. The van der Waals surface area contributed by atoms with E-state index in [1.54, 1.807) is 6.07 Å². The first-order valence-corrected chi connectivity index (χ1v) is 6.27. The van der Waals surface area contributed by atoms with Crippen LogP contribution in [0.5, 0.6) is 5.75 Å². The smallest absolute Gasteiger partial charge is 0.255 e. The molecule has 4 heteroatoms. The summed E-state index contributed by atoms with van der Waals surface area (Å²) in [6.07, 6.45) is 2.15. The van der Waals surface area contributed by atoms with Gasteiger partial charge >= 0.3 is 0 Å². The Bertz CT molecular complexity index is 433. The van der Waals surface area contributed by atoms with Crippen LogP contribution in [0.25, 0.3) is 0 Å². The maximum atomic E-state index is 12.2. The Morgan fingerprint density at radius 3 is 3.00 bits per heavy atom. The maximum Gasteiger partial charge on any atom is 0.255 e. The summed E-state index contributed by atoms with van der Waals surface area (Å²) in [6, 6.07) is 4.47. The number of halogens is 1. The molecule has 0 radical (unpaired) electrons. The van der Waals surface area contributed by atoms with Crippen LogP contribution < -0.4 is 0 Å². The van der Waals surface area contributed by atoms with Gasteiger partial charge in [0.2, 0.25) is 0 Å². The van der Waals surface area contributed by atoms with Crippen LogP contribution in [0.2, 0.25) is 5.02 Å². The van der Waals surface area contributed by atoms with E-state index in [0.717, 1.165) is 25.9 Å². The fourth-order valence-electron chi connectivity index (χ4n) is 2.20. The molecule has 1 aliphatic rings. The molecule has 1 aromatic rings. The highest BCUT2D eigenvalue weighted by Crippen LogP contribution is 2.26. The molecule has 1 aliphatic heterocycles. The largest absolute Gasteiger partial charge is 0.508 e. The van der Waals surface area contributed by atoms with Crippen LogP contribution in [0.3, 0.4) is 0 Å². The Labute approximate surface area is 106 Å². The molecule has 0 saturated carbocycles. The number of aromatic hydroxyl groups is 1. The van der Waals surface area contributed by atoms with Crippen LogP contribution in [-0.4, -0.2) is 29.0 Å². The highest BCUT2D eigenvalue weighted by molar-refractivity contribution is 6.33. The number of amides is 1. The van der Waals surface area contributed by atoms with Crippen molar-refractivity contribution in [1.82, 2.24) is 4.90 Å². The Kier molecular flexibility index (Phi) is 3.57. The molecule has 1 amide bonds. The SMILES string of the molecule is CCC1CCN(C(=O)c2cc(O)ccc2Cl)C1. The predicted molar refractivity (Wildman–Crippen MR) is 67.4 cm³/mol. The van der Waals surface area contributed by atoms with Crippen molar-refractivity contribution in [2.45, 2.75) is 19.8 Å². The molecule has 1 fully saturated rings. The number of hydrogen-bond donors (Lipinski definition) is 1. The zero-order chi connectivity index (χ0) is 12.4. The molecule has 1 unspecified atom stereocenters. The number of rotatable bonds is 2. The molecule has 1 N–H and O–H groups in total. The minimum atomic E-state index is -0.0816. The van der Waals surface area contributed by atoms with Gasteiger partial charge in [-0.2, -0.15) is 0 Å². The zero-order valence-electron chi connectivity index (χ0n) is 9.82. The molecule has 0 bridgehead atoms. The summed E-state index contributed by atoms with van der Waals surface area (Å²) in [5, 5.41) is 9.79. The van der Waals surface area contributed by atoms with Gasteiger partial charge in [0, 0.05) is 13.1 Å². The van der Waals surface area contributed by atoms with Crippen LogP contribution in [0, 0.1) is 5.92 Å². The van der Waals surface area contributed by atoms with E-state index in [-0.39, 0.29) is 11.7 Å². The molecule has 0 spiro atoms. The highest BCUT2D eigenvalue weighted by atomic mass is 35.5. The fourth-order valence-corrected chi connectivity index (χ4v) is 2.40. The summed E-state index contributed by atoms with van der Waals surface area (Å²) >= 11 is 5.98. The lowest BCUT2D eigenvalue weighted by Crippen LogP contribution is -2.28. The van der Waals surface area contributed by atoms with E-state index in [4.69, 9.17) is 11.6 Å². The minimum Gasteiger partial charge on any atom is -0.508 e. The molecule has 17 heavy (non-hydrogen) atoms. The summed E-state index contributed by atoms with van der Waals surface area (Å²) in [7, 11) is 0. The van der Waals surface area contributed by atoms with Gasteiger partial charge in [-0.05, 0) is 30.5 Å². The summed E-state index contributed by atoms with van der Waals surface area (Å²) in [5.41, 5.74) is 0.392. The number of likely N-dealkylation sites (tertiary alicyclic amines) is 1. The summed E-state index contributed by atoms with van der Waals surface area (Å²) < 4.78 is 0. The average Bonchev–Trinajstić information content (AvgIpc) is 2.80. The van der Waals surface area contributed by atoms with Crippen LogP contribution in [0.4, 0.5) is 0 Å². The van der Waals surface area contributed by atoms with Crippen molar-refractivity contribution in [1.29, 1.82) is 0 Å². The molecule has 92 valence electrons. The van der Waals surface area contributed by atoms with Crippen molar-refractivity contribution < 1.29 is 9.90 Å². The van der Waals surface area contributed by atoms with Crippen molar-refractivity contribution in [2.24, 2.45) is 5.92 Å². The van der Waals surface area contributed by atoms with Crippen molar-refractivity contribution in [3.8, 4) is 5.75 Å². The lowest BCUT2D eigenvalue weighted by atomic mass is 10.1. The molecule has 1 saturated heterocycles.